The van der Waals surface area contributed by atoms with E-state index in [2.05, 4.69) is 137 Å². The summed E-state index contributed by atoms with van der Waals surface area (Å²) < 4.78 is 0. The Morgan fingerprint density at radius 3 is 2.27 bits per heavy atom. The van der Waals surface area contributed by atoms with Crippen molar-refractivity contribution in [2.24, 2.45) is 0 Å². The van der Waals surface area contributed by atoms with Gasteiger partial charge in [0, 0.05) is 0 Å². The van der Waals surface area contributed by atoms with Gasteiger partial charge in [-0.3, -0.25) is 0 Å². The summed E-state index contributed by atoms with van der Waals surface area (Å²) in [4.78, 5) is 0. The monoisotopic (exact) mass is 702 g/mol. The van der Waals surface area contributed by atoms with Crippen molar-refractivity contribution >= 4 is 50.7 Å². The van der Waals surface area contributed by atoms with E-state index in [0.29, 0.717) is 0 Å². The molecule has 0 amide bonds. The van der Waals surface area contributed by atoms with Crippen LogP contribution in [0.1, 0.15) is 62.6 Å². The van der Waals surface area contributed by atoms with E-state index in [9.17, 15) is 0 Å². The van der Waals surface area contributed by atoms with E-state index in [1.54, 1.807) is 11.1 Å². The molecule has 6 aromatic carbocycles. The number of hydrogen-bond acceptors (Lipinski definition) is 0. The van der Waals surface area contributed by atoms with Gasteiger partial charge >= 0.3 is 37.9 Å². The van der Waals surface area contributed by atoms with Crippen molar-refractivity contribution in [2.75, 3.05) is 0 Å². The predicted molar refractivity (Wildman–Crippen MR) is 193 cm³/mol. The Morgan fingerprint density at radius 1 is 0.667 bits per heavy atom. The first-order valence-electron chi connectivity index (χ1n) is 15.6. The molecule has 0 nitrogen and oxygen atoms in total. The van der Waals surface area contributed by atoms with Crippen LogP contribution in [0.5, 0.6) is 0 Å². The summed E-state index contributed by atoms with van der Waals surface area (Å²) in [7, 11) is 9.87. The average Bonchev–Trinajstić information content (AvgIpc) is 3.77. The molecule has 0 heterocycles. The number of benzene rings is 4. The first kappa shape index (κ1) is 32.0. The zero-order chi connectivity index (χ0) is 31.5. The zero-order valence-corrected chi connectivity index (χ0v) is 30.4. The second kappa shape index (κ2) is 14.2. The molecule has 0 saturated heterocycles. The Kier molecular flexibility index (Phi) is 10.1. The van der Waals surface area contributed by atoms with Crippen LogP contribution < -0.4 is 0 Å². The van der Waals surface area contributed by atoms with Crippen LogP contribution in [0.15, 0.2) is 108 Å². The molecule has 0 aliphatic heterocycles. The molecule has 0 N–H and O–H groups in total. The summed E-state index contributed by atoms with van der Waals surface area (Å²) >= 11 is -0.826. The van der Waals surface area contributed by atoms with Crippen LogP contribution in [0.3, 0.4) is 0 Å². The molecule has 0 spiro atoms. The van der Waals surface area contributed by atoms with Crippen LogP contribution in [0, 0.1) is 20.8 Å². The first-order chi connectivity index (χ1) is 21.8. The number of fused-ring (bicyclic) bond motifs is 4. The van der Waals surface area contributed by atoms with Crippen molar-refractivity contribution in [3.05, 3.63) is 164 Å². The molecule has 0 saturated carbocycles. The van der Waals surface area contributed by atoms with Crippen molar-refractivity contribution in [2.45, 2.75) is 53.4 Å². The first-order valence-corrected chi connectivity index (χ1v) is 22.0. The Labute approximate surface area is 286 Å². The number of aryl methyl sites for hydroxylation is 3. The van der Waals surface area contributed by atoms with Gasteiger partial charge in [-0.1, -0.05) is 90.2 Å². The standard InChI is InChI=1S/C21H20.C21H18.2ClH.Zr/c2*1-14-6-7-17-11-16(13-20(17)8-14)12-19-5-3-4-18-9-15(2)10-21(18)19;;;/h3-9,13H,10-12H2,1-2H3;3-11,13H,12H2,1-2H3;2*1H;/q;-2;;;+2/p-2. The molecule has 2 aliphatic rings. The molecule has 45 heavy (non-hydrogen) atoms. The van der Waals surface area contributed by atoms with Crippen LogP contribution in [0.2, 0.25) is 0 Å². The average molecular weight is 705 g/mol. The number of allylic oxidation sites excluding steroid dienone is 2. The van der Waals surface area contributed by atoms with Crippen LogP contribution in [0.25, 0.3) is 33.7 Å². The predicted octanol–water partition coefficient (Wildman–Crippen LogP) is 12.2. The molecule has 0 bridgehead atoms. The minimum atomic E-state index is -0.826. The van der Waals surface area contributed by atoms with Gasteiger partial charge < -0.3 is 0 Å². The maximum absolute atomic E-state index is 4.93. The summed E-state index contributed by atoms with van der Waals surface area (Å²) in [6.07, 6.45) is 9.08. The van der Waals surface area contributed by atoms with E-state index in [0.717, 1.165) is 25.7 Å². The van der Waals surface area contributed by atoms with Gasteiger partial charge in [0.2, 0.25) is 0 Å². The van der Waals surface area contributed by atoms with Gasteiger partial charge in [0.1, 0.15) is 0 Å². The fourth-order valence-electron chi connectivity index (χ4n) is 6.97. The van der Waals surface area contributed by atoms with Crippen molar-refractivity contribution in [1.82, 2.24) is 0 Å². The van der Waals surface area contributed by atoms with E-state index in [-0.39, 0.29) is 0 Å². The van der Waals surface area contributed by atoms with Gasteiger partial charge in [-0.25, -0.2) is 0 Å². The van der Waals surface area contributed by atoms with Gasteiger partial charge in [0.05, 0.1) is 0 Å². The third-order valence-corrected chi connectivity index (χ3v) is 8.97. The Morgan fingerprint density at radius 2 is 1.42 bits per heavy atom. The third kappa shape index (κ3) is 7.55. The van der Waals surface area contributed by atoms with Gasteiger partial charge in [-0.15, -0.1) is 80.7 Å². The Bertz CT molecular complexity index is 2050. The summed E-state index contributed by atoms with van der Waals surface area (Å²) in [5.41, 5.74) is 17.3. The SMILES string of the molecule is CC1=Cc2cccc(CC3=Cc4cc(C)ccc4C3)c2C1.Cc1ccc2[cH-]c(Cc3cccc4cc(C)[cH-]c34)cc2c1.[Cl][Zr][Cl]. The molecule has 3 heteroatoms. The van der Waals surface area contributed by atoms with Gasteiger partial charge in [-0.05, 0) is 67.9 Å². The van der Waals surface area contributed by atoms with Crippen molar-refractivity contribution in [3.8, 4) is 0 Å². The molecule has 0 aromatic heterocycles. The number of halogens is 2. The van der Waals surface area contributed by atoms with E-state index in [1.165, 1.54) is 77.2 Å². The summed E-state index contributed by atoms with van der Waals surface area (Å²) in [5, 5.41) is 5.46. The Hall–Kier alpha value is -2.96. The summed E-state index contributed by atoms with van der Waals surface area (Å²) in [5.74, 6) is 0. The van der Waals surface area contributed by atoms with Gasteiger partial charge in [0.15, 0.2) is 0 Å². The van der Waals surface area contributed by atoms with Crippen LogP contribution in [-0.4, -0.2) is 0 Å². The summed E-state index contributed by atoms with van der Waals surface area (Å²) in [6, 6.07) is 36.1. The third-order valence-electron chi connectivity index (χ3n) is 8.97. The van der Waals surface area contributed by atoms with E-state index in [1.807, 2.05) is 0 Å². The van der Waals surface area contributed by atoms with Gasteiger partial charge in [0.25, 0.3) is 0 Å². The van der Waals surface area contributed by atoms with Crippen molar-refractivity contribution in [3.63, 3.8) is 0 Å². The molecule has 0 fully saturated rings. The molecular formula is C42H38Cl2Zr-2. The van der Waals surface area contributed by atoms with Crippen LogP contribution >= 0.6 is 17.0 Å². The summed E-state index contributed by atoms with van der Waals surface area (Å²) in [6.45, 7) is 8.73. The molecule has 8 rings (SSSR count). The molecule has 0 atom stereocenters. The van der Waals surface area contributed by atoms with Crippen LogP contribution in [0.4, 0.5) is 0 Å². The second-order valence-electron chi connectivity index (χ2n) is 12.7. The van der Waals surface area contributed by atoms with Crippen molar-refractivity contribution < 1.29 is 20.8 Å². The molecule has 0 unspecified atom stereocenters. The molecule has 0 radical (unpaired) electrons. The zero-order valence-electron chi connectivity index (χ0n) is 26.5. The molecule has 6 aromatic rings. The minimum absolute atomic E-state index is 0.826. The quantitative estimate of drug-likeness (QED) is 0.160. The van der Waals surface area contributed by atoms with E-state index >= 15 is 0 Å². The van der Waals surface area contributed by atoms with Crippen molar-refractivity contribution in [1.29, 1.82) is 0 Å². The number of hydrogen-bond donors (Lipinski definition) is 0. The normalized spacial score (nSPS) is 12.9. The topological polar surface area (TPSA) is 0 Å². The Balaban J connectivity index is 0.000000146. The number of rotatable bonds is 4. The fourth-order valence-corrected chi connectivity index (χ4v) is 6.97. The van der Waals surface area contributed by atoms with Crippen LogP contribution in [-0.2, 0) is 46.5 Å². The molecule has 2 aliphatic carbocycles. The maximum atomic E-state index is 4.93. The fraction of sp³-hybridized carbons (Fsp3) is 0.190. The van der Waals surface area contributed by atoms with E-state index in [4.69, 9.17) is 17.0 Å². The second-order valence-corrected chi connectivity index (χ2v) is 16.4. The molecular weight excluding hydrogens is 667 g/mol. The van der Waals surface area contributed by atoms with E-state index < -0.39 is 20.8 Å². The van der Waals surface area contributed by atoms with Gasteiger partial charge in [-0.2, -0.15) is 12.1 Å². The molecule has 226 valence electrons.